The van der Waals surface area contributed by atoms with Crippen molar-refractivity contribution in [3.8, 4) is 5.75 Å². The molecule has 1 amide bonds. The largest absolute Gasteiger partial charge is 0.507 e. The Labute approximate surface area is 212 Å². The zero-order valence-corrected chi connectivity index (χ0v) is 20.4. The van der Waals surface area contributed by atoms with Gasteiger partial charge in [-0.2, -0.15) is 0 Å². The Morgan fingerprint density at radius 3 is 2.57 bits per heavy atom. The molecule has 37 heavy (non-hydrogen) atoms. The summed E-state index contributed by atoms with van der Waals surface area (Å²) in [5.41, 5.74) is 3.37. The molecule has 192 valence electrons. The SMILES string of the molecule is Cc1ccc(O)c2c1CC1(CNc3cccnc3)CC3C(C)C(=O)C(C(N)=O)C(=O)C3(O)C(=O)C1C2=O. The van der Waals surface area contributed by atoms with Gasteiger partial charge in [0, 0.05) is 36.2 Å². The molecule has 2 fully saturated rings. The van der Waals surface area contributed by atoms with Crippen LogP contribution in [0, 0.1) is 36.0 Å². The predicted molar refractivity (Wildman–Crippen MR) is 129 cm³/mol. The number of carbonyl (C=O) groups is 5. The number of anilines is 1. The molecule has 2 aromatic rings. The van der Waals surface area contributed by atoms with Crippen molar-refractivity contribution in [1.29, 1.82) is 0 Å². The lowest BCUT2D eigenvalue weighted by atomic mass is 9.46. The number of nitrogens with one attached hydrogen (secondary N) is 1. The van der Waals surface area contributed by atoms with E-state index in [4.69, 9.17) is 5.73 Å². The number of hydrogen-bond acceptors (Lipinski definition) is 9. The topological polar surface area (TPSA) is 177 Å². The molecule has 5 N–H and O–H groups in total. The minimum atomic E-state index is -2.73. The van der Waals surface area contributed by atoms with Gasteiger partial charge in [0.2, 0.25) is 5.91 Å². The van der Waals surface area contributed by atoms with Crippen LogP contribution >= 0.6 is 0 Å². The van der Waals surface area contributed by atoms with Crippen LogP contribution in [0.3, 0.4) is 0 Å². The van der Waals surface area contributed by atoms with Crippen molar-refractivity contribution in [2.75, 3.05) is 11.9 Å². The molecule has 1 heterocycles. The molecule has 1 aromatic heterocycles. The number of benzene rings is 1. The highest BCUT2D eigenvalue weighted by molar-refractivity contribution is 6.32. The first kappa shape index (κ1) is 24.8. The number of primary amides is 1. The van der Waals surface area contributed by atoms with E-state index in [-0.39, 0.29) is 30.7 Å². The Hall–Kier alpha value is -3.92. The van der Waals surface area contributed by atoms with Gasteiger partial charge >= 0.3 is 0 Å². The van der Waals surface area contributed by atoms with E-state index in [9.17, 15) is 34.2 Å². The van der Waals surface area contributed by atoms with Crippen LogP contribution in [-0.2, 0) is 25.6 Å². The van der Waals surface area contributed by atoms with Crippen LogP contribution in [0.5, 0.6) is 5.75 Å². The van der Waals surface area contributed by atoms with E-state index < -0.39 is 63.7 Å². The van der Waals surface area contributed by atoms with Crippen LogP contribution in [-0.4, -0.2) is 56.4 Å². The second kappa shape index (κ2) is 8.31. The van der Waals surface area contributed by atoms with Crippen LogP contribution in [0.1, 0.15) is 34.8 Å². The second-order valence-electron chi connectivity index (χ2n) is 10.5. The maximum atomic E-state index is 14.1. The third-order valence-electron chi connectivity index (χ3n) is 8.54. The summed E-state index contributed by atoms with van der Waals surface area (Å²) in [6.45, 7) is 3.35. The molecular weight excluding hydrogens is 478 g/mol. The van der Waals surface area contributed by atoms with E-state index in [0.717, 1.165) is 5.56 Å². The lowest BCUT2D eigenvalue weighted by molar-refractivity contribution is -0.184. The number of hydrogen-bond donors (Lipinski definition) is 4. The van der Waals surface area contributed by atoms with E-state index in [1.54, 1.807) is 37.5 Å². The van der Waals surface area contributed by atoms with Gasteiger partial charge in [-0.05, 0) is 49.1 Å². The fourth-order valence-corrected chi connectivity index (χ4v) is 6.60. The third-order valence-corrected chi connectivity index (χ3v) is 8.54. The molecule has 0 radical (unpaired) electrons. The number of aryl methyl sites for hydroxylation is 1. The zero-order chi connectivity index (χ0) is 26.9. The fraction of sp³-hybridized carbons (Fsp3) is 0.407. The van der Waals surface area contributed by atoms with Gasteiger partial charge in [-0.1, -0.05) is 13.0 Å². The van der Waals surface area contributed by atoms with Crippen LogP contribution in [0.15, 0.2) is 36.7 Å². The van der Waals surface area contributed by atoms with Crippen LogP contribution in [0.4, 0.5) is 5.69 Å². The highest BCUT2D eigenvalue weighted by Crippen LogP contribution is 2.57. The number of phenols is 1. The number of Topliss-reactive ketones (excluding diaryl/α,β-unsaturated/α-hetero) is 4. The van der Waals surface area contributed by atoms with Gasteiger partial charge in [0.1, 0.15) is 5.75 Å². The van der Waals surface area contributed by atoms with Crippen molar-refractivity contribution in [1.82, 2.24) is 4.98 Å². The quantitative estimate of drug-likeness (QED) is 0.437. The molecule has 0 spiro atoms. The summed E-state index contributed by atoms with van der Waals surface area (Å²) in [7, 11) is 0. The van der Waals surface area contributed by atoms with E-state index >= 15 is 0 Å². The smallest absolute Gasteiger partial charge is 0.235 e. The molecule has 6 unspecified atom stereocenters. The summed E-state index contributed by atoms with van der Waals surface area (Å²) >= 11 is 0. The summed E-state index contributed by atoms with van der Waals surface area (Å²) in [5, 5.41) is 25.5. The Kier molecular flexibility index (Phi) is 5.56. The third kappa shape index (κ3) is 3.35. The highest BCUT2D eigenvalue weighted by Gasteiger charge is 2.71. The molecule has 3 aliphatic rings. The number of pyridine rings is 1. The minimum absolute atomic E-state index is 0.0174. The molecule has 0 saturated heterocycles. The number of aromatic hydroxyl groups is 1. The Balaban J connectivity index is 1.69. The number of ketones is 4. The number of fused-ring (bicyclic) bond motifs is 3. The van der Waals surface area contributed by atoms with Crippen molar-refractivity contribution < 1.29 is 34.2 Å². The van der Waals surface area contributed by atoms with Crippen molar-refractivity contribution in [3.05, 3.63) is 53.3 Å². The average molecular weight is 506 g/mol. The Morgan fingerprint density at radius 2 is 1.92 bits per heavy atom. The average Bonchev–Trinajstić information content (AvgIpc) is 2.86. The monoisotopic (exact) mass is 505 g/mol. The van der Waals surface area contributed by atoms with Crippen molar-refractivity contribution in [2.45, 2.75) is 32.3 Å². The number of nitrogens with zero attached hydrogens (tertiary/aromatic N) is 1. The van der Waals surface area contributed by atoms with Gasteiger partial charge in [0.25, 0.3) is 0 Å². The molecule has 3 aliphatic carbocycles. The first-order valence-electron chi connectivity index (χ1n) is 12.1. The molecule has 2 saturated carbocycles. The maximum Gasteiger partial charge on any atom is 0.235 e. The van der Waals surface area contributed by atoms with E-state index in [1.165, 1.54) is 13.0 Å². The van der Waals surface area contributed by atoms with Crippen molar-refractivity contribution >= 4 is 34.7 Å². The zero-order valence-electron chi connectivity index (χ0n) is 20.4. The van der Waals surface area contributed by atoms with Gasteiger partial charge in [0.05, 0.1) is 17.2 Å². The Morgan fingerprint density at radius 1 is 1.19 bits per heavy atom. The number of carbonyl (C=O) groups excluding carboxylic acids is 5. The Bertz CT molecular complexity index is 1370. The lowest BCUT2D eigenvalue weighted by Crippen LogP contribution is -2.73. The van der Waals surface area contributed by atoms with Gasteiger partial charge in [0.15, 0.2) is 34.7 Å². The fourth-order valence-electron chi connectivity index (χ4n) is 6.60. The highest BCUT2D eigenvalue weighted by atomic mass is 16.3. The van der Waals surface area contributed by atoms with Crippen LogP contribution in [0.25, 0.3) is 0 Å². The summed E-state index contributed by atoms with van der Waals surface area (Å²) < 4.78 is 0. The van der Waals surface area contributed by atoms with Crippen molar-refractivity contribution in [2.24, 2.45) is 34.8 Å². The lowest BCUT2D eigenvalue weighted by Gasteiger charge is -2.56. The van der Waals surface area contributed by atoms with Gasteiger partial charge < -0.3 is 21.3 Å². The van der Waals surface area contributed by atoms with Gasteiger partial charge in [-0.3, -0.25) is 29.0 Å². The molecule has 10 nitrogen and oxygen atoms in total. The molecular formula is C27H27N3O7. The number of amides is 1. The second-order valence-corrected chi connectivity index (χ2v) is 10.5. The molecule has 1 aromatic carbocycles. The molecule has 5 rings (SSSR count). The summed E-state index contributed by atoms with van der Waals surface area (Å²) in [6, 6.07) is 6.53. The number of aliphatic hydroxyl groups is 1. The van der Waals surface area contributed by atoms with E-state index in [1.807, 2.05) is 0 Å². The maximum absolute atomic E-state index is 14.1. The number of rotatable bonds is 4. The molecule has 0 bridgehead atoms. The van der Waals surface area contributed by atoms with Crippen LogP contribution in [0.2, 0.25) is 0 Å². The van der Waals surface area contributed by atoms with Crippen molar-refractivity contribution in [3.63, 3.8) is 0 Å². The summed E-state index contributed by atoms with van der Waals surface area (Å²) in [4.78, 5) is 70.5. The standard InChI is InChI=1S/C27H27N3O7/c1-12-5-6-17(31)18-15(12)8-26(11-30-14-4-3-7-29-10-14)9-16-13(2)21(32)19(25(28)36)23(34)27(16,37)24(35)20(26)22(18)33/h3-7,10,13,16,19-20,30-31,37H,8-9,11H2,1-2H3,(H2,28,36). The number of aromatic nitrogens is 1. The number of nitrogens with two attached hydrogens (primary N) is 1. The molecule has 10 heteroatoms. The minimum Gasteiger partial charge on any atom is -0.507 e. The normalized spacial score (nSPS) is 32.8. The first-order valence-corrected chi connectivity index (χ1v) is 12.1. The predicted octanol–water partition coefficient (Wildman–Crippen LogP) is 0.759. The van der Waals surface area contributed by atoms with E-state index in [0.29, 0.717) is 11.3 Å². The van der Waals surface area contributed by atoms with Gasteiger partial charge in [-0.25, -0.2) is 0 Å². The molecule has 6 atom stereocenters. The van der Waals surface area contributed by atoms with Crippen LogP contribution < -0.4 is 11.1 Å². The summed E-state index contributed by atoms with van der Waals surface area (Å²) in [6.07, 6.45) is 3.33. The van der Waals surface area contributed by atoms with Gasteiger partial charge in [-0.15, -0.1) is 0 Å². The van der Waals surface area contributed by atoms with E-state index in [2.05, 4.69) is 10.3 Å². The first-order chi connectivity index (χ1) is 17.4. The summed E-state index contributed by atoms with van der Waals surface area (Å²) in [5.74, 6) is -11.0. The molecule has 0 aliphatic heterocycles. The number of phenolic OH excluding ortho intramolecular Hbond substituents is 1.